The van der Waals surface area contributed by atoms with Gasteiger partial charge in [-0.05, 0) is 29.8 Å². The number of hydrogen-bond acceptors (Lipinski definition) is 6. The van der Waals surface area contributed by atoms with Crippen LogP contribution in [-0.2, 0) is 21.3 Å². The number of rotatable bonds is 8. The molecule has 1 aromatic carbocycles. The fourth-order valence-electron chi connectivity index (χ4n) is 2.21. The van der Waals surface area contributed by atoms with Crippen LogP contribution >= 0.6 is 11.6 Å². The van der Waals surface area contributed by atoms with Gasteiger partial charge in [-0.15, -0.1) is 0 Å². The van der Waals surface area contributed by atoms with Gasteiger partial charge < -0.3 is 15.8 Å². The average Bonchev–Trinajstić information content (AvgIpc) is 2.61. The maximum Gasteiger partial charge on any atom is 0.255 e. The normalized spacial score (nSPS) is 11.4. The van der Waals surface area contributed by atoms with Crippen LogP contribution in [0.3, 0.4) is 0 Å². The molecule has 4 N–H and O–H groups in total. The zero-order valence-corrected chi connectivity index (χ0v) is 15.9. The number of hydrogen-bond donors (Lipinski definition) is 3. The smallest absolute Gasteiger partial charge is 0.255 e. The van der Waals surface area contributed by atoms with E-state index in [1.807, 2.05) is 0 Å². The molecular weight excluding hydrogens is 399 g/mol. The summed E-state index contributed by atoms with van der Waals surface area (Å²) in [7, 11) is -2.48. The van der Waals surface area contributed by atoms with Crippen molar-refractivity contribution in [2.45, 2.75) is 11.4 Å². The van der Waals surface area contributed by atoms with Crippen molar-refractivity contribution in [2.75, 3.05) is 26.0 Å². The van der Waals surface area contributed by atoms with Gasteiger partial charge in [0.1, 0.15) is 11.6 Å². The van der Waals surface area contributed by atoms with Crippen LogP contribution in [0.1, 0.15) is 15.9 Å². The van der Waals surface area contributed by atoms with E-state index in [-0.39, 0.29) is 46.6 Å². The predicted molar refractivity (Wildman–Crippen MR) is 98.3 cm³/mol. The summed E-state index contributed by atoms with van der Waals surface area (Å²) in [5.74, 6) is -1.30. The highest BCUT2D eigenvalue weighted by Gasteiger charge is 2.20. The van der Waals surface area contributed by atoms with E-state index in [2.05, 4.69) is 15.0 Å². The molecule has 1 aromatic heterocycles. The molecule has 8 nitrogen and oxygen atoms in total. The molecule has 0 unspecified atom stereocenters. The standard InChI is InChI=1S/C16H18ClFN4O4S/c1-26-5-4-22-27(24,25)14-3-2-12(18)6-10(14)8-21-16(23)13-7-11(17)9-20-15(13)19/h2-3,6-7,9,22H,4-5,8H2,1H3,(H2,19,20)(H,21,23). The number of pyridine rings is 1. The number of nitrogen functional groups attached to an aromatic ring is 1. The Labute approximate surface area is 160 Å². The fraction of sp³-hybridized carbons (Fsp3) is 0.250. The maximum atomic E-state index is 13.6. The number of anilines is 1. The van der Waals surface area contributed by atoms with Crippen LogP contribution in [0.25, 0.3) is 0 Å². The minimum absolute atomic E-state index is 0.0292. The first-order chi connectivity index (χ1) is 12.7. The molecule has 0 spiro atoms. The minimum atomic E-state index is -3.91. The van der Waals surface area contributed by atoms with E-state index in [4.69, 9.17) is 22.1 Å². The van der Waals surface area contributed by atoms with Gasteiger partial charge in [-0.3, -0.25) is 4.79 Å². The number of nitrogens with zero attached hydrogens (tertiary/aromatic N) is 1. The lowest BCUT2D eigenvalue weighted by atomic mass is 10.2. The molecule has 0 atom stereocenters. The molecule has 0 fully saturated rings. The van der Waals surface area contributed by atoms with Crippen molar-refractivity contribution < 1.29 is 22.3 Å². The number of carbonyl (C=O) groups is 1. The van der Waals surface area contributed by atoms with Crippen LogP contribution in [0, 0.1) is 5.82 Å². The number of benzene rings is 1. The first kappa shape index (κ1) is 21.0. The molecule has 2 aromatic rings. The minimum Gasteiger partial charge on any atom is -0.383 e. The van der Waals surface area contributed by atoms with Gasteiger partial charge in [0.2, 0.25) is 10.0 Å². The number of carbonyl (C=O) groups excluding carboxylic acids is 1. The van der Waals surface area contributed by atoms with Gasteiger partial charge >= 0.3 is 0 Å². The summed E-state index contributed by atoms with van der Waals surface area (Å²) in [4.78, 5) is 15.9. The number of sulfonamides is 1. The zero-order valence-electron chi connectivity index (χ0n) is 14.3. The van der Waals surface area contributed by atoms with E-state index >= 15 is 0 Å². The average molecular weight is 417 g/mol. The maximum absolute atomic E-state index is 13.6. The monoisotopic (exact) mass is 416 g/mol. The van der Waals surface area contributed by atoms with Crippen molar-refractivity contribution in [3.63, 3.8) is 0 Å². The second-order valence-electron chi connectivity index (χ2n) is 5.41. The number of ether oxygens (including phenoxy) is 1. The topological polar surface area (TPSA) is 123 Å². The molecule has 11 heteroatoms. The summed E-state index contributed by atoms with van der Waals surface area (Å²) in [5.41, 5.74) is 5.74. The van der Waals surface area contributed by atoms with Crippen LogP contribution in [0.15, 0.2) is 35.4 Å². The number of aromatic nitrogens is 1. The lowest BCUT2D eigenvalue weighted by Gasteiger charge is -2.13. The number of nitrogens with two attached hydrogens (primary N) is 1. The number of halogens is 2. The predicted octanol–water partition coefficient (Wildman–Crippen LogP) is 1.31. The fourth-order valence-corrected chi connectivity index (χ4v) is 3.60. The summed E-state index contributed by atoms with van der Waals surface area (Å²) in [6.45, 7) is -0.0245. The lowest BCUT2D eigenvalue weighted by molar-refractivity contribution is 0.0951. The largest absolute Gasteiger partial charge is 0.383 e. The molecule has 2 rings (SSSR count). The van der Waals surface area contributed by atoms with E-state index in [0.29, 0.717) is 0 Å². The lowest BCUT2D eigenvalue weighted by Crippen LogP contribution is -2.30. The molecule has 0 bridgehead atoms. The third kappa shape index (κ3) is 5.60. The van der Waals surface area contributed by atoms with Crippen molar-refractivity contribution in [2.24, 2.45) is 0 Å². The molecule has 0 aliphatic carbocycles. The van der Waals surface area contributed by atoms with Crippen molar-refractivity contribution in [1.29, 1.82) is 0 Å². The Kier molecular flexibility index (Phi) is 7.08. The van der Waals surface area contributed by atoms with Gasteiger partial charge in [-0.2, -0.15) is 0 Å². The molecular formula is C16H18ClFN4O4S. The van der Waals surface area contributed by atoms with Crippen LogP contribution in [-0.4, -0.2) is 39.6 Å². The molecule has 0 saturated heterocycles. The van der Waals surface area contributed by atoms with Crippen molar-refractivity contribution in [3.8, 4) is 0 Å². The van der Waals surface area contributed by atoms with E-state index in [9.17, 15) is 17.6 Å². The van der Waals surface area contributed by atoms with Crippen LogP contribution in [0.5, 0.6) is 0 Å². The summed E-state index contributed by atoms with van der Waals surface area (Å²) in [6, 6.07) is 4.51. The second-order valence-corrected chi connectivity index (χ2v) is 7.58. The number of methoxy groups -OCH3 is 1. The highest BCUT2D eigenvalue weighted by Crippen LogP contribution is 2.18. The van der Waals surface area contributed by atoms with E-state index in [0.717, 1.165) is 18.2 Å². The van der Waals surface area contributed by atoms with Gasteiger partial charge in [0, 0.05) is 26.4 Å². The van der Waals surface area contributed by atoms with Crippen LogP contribution in [0.2, 0.25) is 5.02 Å². The molecule has 1 heterocycles. The molecule has 146 valence electrons. The Balaban J connectivity index is 2.22. The molecule has 0 radical (unpaired) electrons. The Morgan fingerprint density at radius 3 is 2.81 bits per heavy atom. The van der Waals surface area contributed by atoms with Crippen LogP contribution < -0.4 is 15.8 Å². The highest BCUT2D eigenvalue weighted by atomic mass is 35.5. The van der Waals surface area contributed by atoms with Gasteiger partial charge in [-0.25, -0.2) is 22.5 Å². The number of nitrogens with one attached hydrogen (secondary N) is 2. The summed E-state index contributed by atoms with van der Waals surface area (Å²) >= 11 is 5.80. The number of amides is 1. The van der Waals surface area contributed by atoms with Crippen molar-refractivity contribution in [1.82, 2.24) is 15.0 Å². The summed E-state index contributed by atoms with van der Waals surface area (Å²) in [6.07, 6.45) is 1.29. The Hall–Kier alpha value is -2.27. The summed E-state index contributed by atoms with van der Waals surface area (Å²) < 4.78 is 45.6. The van der Waals surface area contributed by atoms with Gasteiger partial charge in [-0.1, -0.05) is 11.6 Å². The van der Waals surface area contributed by atoms with E-state index in [1.165, 1.54) is 19.4 Å². The first-order valence-electron chi connectivity index (χ1n) is 7.71. The second kappa shape index (κ2) is 9.09. The molecule has 1 amide bonds. The quantitative estimate of drug-likeness (QED) is 0.557. The Bertz CT molecular complexity index is 940. The third-order valence-electron chi connectivity index (χ3n) is 3.48. The van der Waals surface area contributed by atoms with Gasteiger partial charge in [0.05, 0.1) is 22.1 Å². The van der Waals surface area contributed by atoms with Gasteiger partial charge in [0.15, 0.2) is 0 Å². The SMILES string of the molecule is COCCNS(=O)(=O)c1ccc(F)cc1CNC(=O)c1cc(Cl)cnc1N. The van der Waals surface area contributed by atoms with E-state index in [1.54, 1.807) is 0 Å². The first-order valence-corrected chi connectivity index (χ1v) is 9.57. The molecule has 0 aliphatic heterocycles. The molecule has 27 heavy (non-hydrogen) atoms. The van der Waals surface area contributed by atoms with Crippen molar-refractivity contribution >= 4 is 33.3 Å². The summed E-state index contributed by atoms with van der Waals surface area (Å²) in [5, 5.41) is 2.70. The molecule has 0 saturated carbocycles. The van der Waals surface area contributed by atoms with Crippen LogP contribution in [0.4, 0.5) is 10.2 Å². The Morgan fingerprint density at radius 2 is 2.11 bits per heavy atom. The highest BCUT2D eigenvalue weighted by molar-refractivity contribution is 7.89. The zero-order chi connectivity index (χ0) is 20.0. The third-order valence-corrected chi connectivity index (χ3v) is 5.25. The Morgan fingerprint density at radius 1 is 1.37 bits per heavy atom. The van der Waals surface area contributed by atoms with Crippen molar-refractivity contribution in [3.05, 3.63) is 52.4 Å². The van der Waals surface area contributed by atoms with E-state index < -0.39 is 21.7 Å². The van der Waals surface area contributed by atoms with Gasteiger partial charge in [0.25, 0.3) is 5.91 Å². The molecule has 0 aliphatic rings.